The number of benzene rings is 2. The summed E-state index contributed by atoms with van der Waals surface area (Å²) >= 11 is 1.43. The number of nitrogens with one attached hydrogen (secondary N) is 1. The highest BCUT2D eigenvalue weighted by Crippen LogP contribution is 2.42. The van der Waals surface area contributed by atoms with Crippen molar-refractivity contribution in [2.75, 3.05) is 19.1 Å². The molecule has 4 rings (SSSR count). The summed E-state index contributed by atoms with van der Waals surface area (Å²) in [5.41, 5.74) is 2.26. The standard InChI is InChI=1S/C26H30N2O3S/c1-16-7-5-10-21(17(16)2)27-25(29)19-11-12-23-22(15-19)28(3)26(30)24(32-23)14-18-8-6-9-20(13-18)31-4/h6,8-9,11-17,21H,5,7,10H2,1-4H3,(H,27,29)/b24-14-. The van der Waals surface area contributed by atoms with E-state index in [1.165, 1.54) is 18.2 Å². The van der Waals surface area contributed by atoms with E-state index in [1.807, 2.05) is 48.5 Å². The molecule has 2 aliphatic rings. The first-order valence-electron chi connectivity index (χ1n) is 11.1. The zero-order valence-corrected chi connectivity index (χ0v) is 19.9. The van der Waals surface area contributed by atoms with Crippen LogP contribution in [0.3, 0.4) is 0 Å². The van der Waals surface area contributed by atoms with Gasteiger partial charge >= 0.3 is 0 Å². The van der Waals surface area contributed by atoms with Crippen LogP contribution in [0.15, 0.2) is 52.3 Å². The second kappa shape index (κ2) is 9.41. The number of ether oxygens (including phenoxy) is 1. The lowest BCUT2D eigenvalue weighted by atomic mass is 9.78. The summed E-state index contributed by atoms with van der Waals surface area (Å²) in [6.45, 7) is 4.48. The van der Waals surface area contributed by atoms with Gasteiger partial charge in [0.2, 0.25) is 0 Å². The third kappa shape index (κ3) is 4.56. The van der Waals surface area contributed by atoms with E-state index in [-0.39, 0.29) is 17.9 Å². The Morgan fingerprint density at radius 3 is 2.78 bits per heavy atom. The van der Waals surface area contributed by atoms with Gasteiger partial charge in [0.25, 0.3) is 11.8 Å². The number of likely N-dealkylation sites (N-methyl/N-ethyl adjacent to an activating group) is 1. The molecule has 1 fully saturated rings. The first kappa shape index (κ1) is 22.5. The van der Waals surface area contributed by atoms with Gasteiger partial charge in [-0.2, -0.15) is 0 Å². The maximum Gasteiger partial charge on any atom is 0.264 e. The molecule has 0 radical (unpaired) electrons. The van der Waals surface area contributed by atoms with Gasteiger partial charge in [-0.25, -0.2) is 0 Å². The van der Waals surface area contributed by atoms with Crippen molar-refractivity contribution in [2.45, 2.75) is 44.0 Å². The maximum atomic E-state index is 13.0. The number of carbonyl (C=O) groups excluding carboxylic acids is 2. The number of hydrogen-bond donors (Lipinski definition) is 1. The Balaban J connectivity index is 1.55. The van der Waals surface area contributed by atoms with E-state index in [0.29, 0.717) is 22.3 Å². The molecule has 3 unspecified atom stereocenters. The molecule has 5 nitrogen and oxygen atoms in total. The topological polar surface area (TPSA) is 58.6 Å². The molecular formula is C26H30N2O3S. The SMILES string of the molecule is COc1cccc(/C=C2\Sc3ccc(C(=O)NC4CCCC(C)C4C)cc3N(C)C2=O)c1. The van der Waals surface area contributed by atoms with Crippen LogP contribution in [0.25, 0.3) is 6.08 Å². The summed E-state index contributed by atoms with van der Waals surface area (Å²) in [7, 11) is 3.38. The van der Waals surface area contributed by atoms with Crippen LogP contribution in [0, 0.1) is 11.8 Å². The monoisotopic (exact) mass is 450 g/mol. The van der Waals surface area contributed by atoms with E-state index in [2.05, 4.69) is 19.2 Å². The molecule has 6 heteroatoms. The molecule has 1 aliphatic heterocycles. The molecule has 2 amide bonds. The van der Waals surface area contributed by atoms with Gasteiger partial charge in [0.05, 0.1) is 17.7 Å². The Hall–Kier alpha value is -2.73. The highest BCUT2D eigenvalue weighted by molar-refractivity contribution is 8.04. The lowest BCUT2D eigenvalue weighted by Crippen LogP contribution is -2.43. The number of nitrogens with zero attached hydrogens (tertiary/aromatic N) is 1. The van der Waals surface area contributed by atoms with Gasteiger partial charge < -0.3 is 15.0 Å². The Kier molecular flexibility index (Phi) is 6.60. The molecule has 0 spiro atoms. The number of carbonyl (C=O) groups is 2. The lowest BCUT2D eigenvalue weighted by Gasteiger charge is -2.34. The molecule has 32 heavy (non-hydrogen) atoms. The van der Waals surface area contributed by atoms with E-state index in [0.717, 1.165) is 34.7 Å². The van der Waals surface area contributed by atoms with Crippen molar-refractivity contribution in [2.24, 2.45) is 11.8 Å². The molecule has 1 aliphatic carbocycles. The summed E-state index contributed by atoms with van der Waals surface area (Å²) in [6.07, 6.45) is 5.27. The third-order valence-corrected chi connectivity index (χ3v) is 7.81. The number of hydrogen-bond acceptors (Lipinski definition) is 4. The normalized spacial score (nSPS) is 24.2. The minimum Gasteiger partial charge on any atom is -0.497 e. The zero-order chi connectivity index (χ0) is 22.8. The quantitative estimate of drug-likeness (QED) is 0.637. The van der Waals surface area contributed by atoms with E-state index >= 15 is 0 Å². The van der Waals surface area contributed by atoms with Crippen LogP contribution in [0.4, 0.5) is 5.69 Å². The second-order valence-corrected chi connectivity index (χ2v) is 9.86. The molecule has 1 saturated carbocycles. The number of rotatable bonds is 4. The first-order valence-corrected chi connectivity index (χ1v) is 12.0. The summed E-state index contributed by atoms with van der Waals surface area (Å²) in [5.74, 6) is 1.68. The summed E-state index contributed by atoms with van der Waals surface area (Å²) in [5, 5.41) is 3.23. The predicted octanol–water partition coefficient (Wildman–Crippen LogP) is 5.36. The van der Waals surface area contributed by atoms with Crippen molar-refractivity contribution in [1.29, 1.82) is 0 Å². The van der Waals surface area contributed by atoms with Crippen molar-refractivity contribution in [1.82, 2.24) is 5.32 Å². The lowest BCUT2D eigenvalue weighted by molar-refractivity contribution is -0.114. The molecule has 2 aromatic carbocycles. The summed E-state index contributed by atoms with van der Waals surface area (Å²) < 4.78 is 5.28. The minimum absolute atomic E-state index is 0.0673. The zero-order valence-electron chi connectivity index (χ0n) is 19.1. The van der Waals surface area contributed by atoms with Crippen molar-refractivity contribution in [3.05, 3.63) is 58.5 Å². The van der Waals surface area contributed by atoms with Gasteiger partial charge in [-0.05, 0) is 60.2 Å². The number of methoxy groups -OCH3 is 1. The number of thioether (sulfide) groups is 1. The third-order valence-electron chi connectivity index (χ3n) is 6.73. The number of amides is 2. The van der Waals surface area contributed by atoms with Crippen molar-refractivity contribution >= 4 is 35.3 Å². The highest BCUT2D eigenvalue weighted by atomic mass is 32.2. The first-order chi connectivity index (χ1) is 15.4. The molecule has 0 saturated heterocycles. The highest BCUT2D eigenvalue weighted by Gasteiger charge is 2.30. The minimum atomic E-state index is -0.0856. The summed E-state index contributed by atoms with van der Waals surface area (Å²) in [6, 6.07) is 13.4. The number of anilines is 1. The Morgan fingerprint density at radius 1 is 1.19 bits per heavy atom. The Bertz CT molecular complexity index is 1060. The van der Waals surface area contributed by atoms with Gasteiger partial charge in [0.15, 0.2) is 0 Å². The van der Waals surface area contributed by atoms with E-state index in [9.17, 15) is 9.59 Å². The van der Waals surface area contributed by atoms with Gasteiger partial charge in [-0.3, -0.25) is 9.59 Å². The fourth-order valence-corrected chi connectivity index (χ4v) is 5.55. The van der Waals surface area contributed by atoms with Crippen LogP contribution in [0.1, 0.15) is 49.0 Å². The van der Waals surface area contributed by atoms with Gasteiger partial charge in [0.1, 0.15) is 5.75 Å². The molecule has 0 aromatic heterocycles. The second-order valence-electron chi connectivity index (χ2n) is 8.78. The predicted molar refractivity (Wildman–Crippen MR) is 130 cm³/mol. The van der Waals surface area contributed by atoms with Crippen LogP contribution in [-0.2, 0) is 4.79 Å². The Labute approximate surface area is 194 Å². The van der Waals surface area contributed by atoms with Crippen molar-refractivity contribution < 1.29 is 14.3 Å². The van der Waals surface area contributed by atoms with Crippen LogP contribution in [-0.4, -0.2) is 32.0 Å². The van der Waals surface area contributed by atoms with E-state index in [4.69, 9.17) is 4.74 Å². The van der Waals surface area contributed by atoms with Crippen molar-refractivity contribution in [3.8, 4) is 5.75 Å². The molecule has 3 atom stereocenters. The van der Waals surface area contributed by atoms with Gasteiger partial charge in [-0.1, -0.05) is 50.6 Å². The molecule has 2 aromatic rings. The van der Waals surface area contributed by atoms with E-state index in [1.54, 1.807) is 19.1 Å². The average Bonchev–Trinajstić information content (AvgIpc) is 2.80. The van der Waals surface area contributed by atoms with Crippen molar-refractivity contribution in [3.63, 3.8) is 0 Å². The van der Waals surface area contributed by atoms with Gasteiger partial charge in [-0.15, -0.1) is 0 Å². The summed E-state index contributed by atoms with van der Waals surface area (Å²) in [4.78, 5) is 29.2. The van der Waals surface area contributed by atoms with Crippen LogP contribution < -0.4 is 15.0 Å². The molecule has 168 valence electrons. The number of fused-ring (bicyclic) bond motifs is 1. The fourth-order valence-electron chi connectivity index (χ4n) is 4.46. The van der Waals surface area contributed by atoms with Gasteiger partial charge in [0, 0.05) is 23.5 Å². The smallest absolute Gasteiger partial charge is 0.264 e. The largest absolute Gasteiger partial charge is 0.497 e. The Morgan fingerprint density at radius 2 is 2.00 bits per heavy atom. The van der Waals surface area contributed by atoms with Crippen LogP contribution in [0.5, 0.6) is 5.75 Å². The molecular weight excluding hydrogens is 420 g/mol. The maximum absolute atomic E-state index is 13.0. The van der Waals surface area contributed by atoms with Crippen LogP contribution in [0.2, 0.25) is 0 Å². The fraction of sp³-hybridized carbons (Fsp3) is 0.385. The average molecular weight is 451 g/mol. The molecule has 0 bridgehead atoms. The van der Waals surface area contributed by atoms with E-state index < -0.39 is 0 Å². The molecule has 1 N–H and O–H groups in total. The van der Waals surface area contributed by atoms with Crippen LogP contribution >= 0.6 is 11.8 Å². The molecule has 1 heterocycles.